The molecule has 0 radical (unpaired) electrons. The zero-order valence-electron chi connectivity index (χ0n) is 9.67. The molecule has 0 aliphatic heterocycles. The Balaban J connectivity index is 2.60. The van der Waals surface area contributed by atoms with Crippen LogP contribution in [0.1, 0.15) is 12.0 Å². The number of nitrogens with zero attached hydrogens (tertiary/aromatic N) is 1. The molecule has 0 aliphatic rings. The van der Waals surface area contributed by atoms with Crippen LogP contribution in [0.3, 0.4) is 0 Å². The molecule has 0 saturated carbocycles. The van der Waals surface area contributed by atoms with Crippen LogP contribution in [0.25, 0.3) is 0 Å². The van der Waals surface area contributed by atoms with Gasteiger partial charge >= 0.3 is 0 Å². The van der Waals surface area contributed by atoms with Crippen molar-refractivity contribution in [3.05, 3.63) is 66.7 Å². The van der Waals surface area contributed by atoms with E-state index in [9.17, 15) is 4.79 Å². The van der Waals surface area contributed by atoms with E-state index in [0.717, 1.165) is 11.1 Å². The number of ketones is 1. The molecule has 0 fully saturated rings. The first-order valence-corrected chi connectivity index (χ1v) is 5.36. The number of carbonyl (C=O) groups is 1. The average Bonchev–Trinajstić information content (AvgIpc) is 2.30. The number of carbonyl (C=O) groups excluding carboxylic acids is 1. The van der Waals surface area contributed by atoms with Crippen LogP contribution in [-0.2, 0) is 11.2 Å². The van der Waals surface area contributed by atoms with Crippen molar-refractivity contribution in [2.45, 2.75) is 12.8 Å². The van der Waals surface area contributed by atoms with Gasteiger partial charge in [-0.25, -0.2) is 0 Å². The molecule has 17 heavy (non-hydrogen) atoms. The van der Waals surface area contributed by atoms with Gasteiger partial charge in [0, 0.05) is 25.2 Å². The lowest BCUT2D eigenvalue weighted by atomic mass is 10.0. The van der Waals surface area contributed by atoms with E-state index in [1.54, 1.807) is 30.6 Å². The summed E-state index contributed by atoms with van der Waals surface area (Å²) in [7, 11) is 0. The van der Waals surface area contributed by atoms with E-state index in [2.05, 4.69) is 11.6 Å². The normalized spacial score (nSPS) is 11.6. The number of hydrogen-bond acceptors (Lipinski definition) is 3. The van der Waals surface area contributed by atoms with Gasteiger partial charge in [-0.15, -0.1) is 0 Å². The van der Waals surface area contributed by atoms with Crippen molar-refractivity contribution in [3.8, 4) is 0 Å². The summed E-state index contributed by atoms with van der Waals surface area (Å²) in [5, 5.41) is 0. The number of allylic oxidation sites excluding steroid dienone is 4. The van der Waals surface area contributed by atoms with Crippen molar-refractivity contribution in [2.24, 2.45) is 5.73 Å². The van der Waals surface area contributed by atoms with E-state index in [0.29, 0.717) is 12.8 Å². The van der Waals surface area contributed by atoms with E-state index in [-0.39, 0.29) is 5.78 Å². The van der Waals surface area contributed by atoms with Crippen molar-refractivity contribution in [1.29, 1.82) is 0 Å². The van der Waals surface area contributed by atoms with Gasteiger partial charge in [-0.2, -0.15) is 0 Å². The molecule has 0 saturated heterocycles. The minimum atomic E-state index is 0.141. The van der Waals surface area contributed by atoms with Gasteiger partial charge in [-0.3, -0.25) is 9.78 Å². The first kappa shape index (κ1) is 12.9. The Morgan fingerprint density at radius 2 is 2.12 bits per heavy atom. The van der Waals surface area contributed by atoms with Crippen molar-refractivity contribution < 1.29 is 4.79 Å². The lowest BCUT2D eigenvalue weighted by Gasteiger charge is -2.01. The predicted octanol–water partition coefficient (Wildman–Crippen LogP) is 2.17. The maximum Gasteiger partial charge on any atom is 0.141 e. The highest BCUT2D eigenvalue weighted by atomic mass is 16.1. The Morgan fingerprint density at radius 3 is 2.71 bits per heavy atom. The highest BCUT2D eigenvalue weighted by Crippen LogP contribution is 2.08. The van der Waals surface area contributed by atoms with E-state index in [1.807, 2.05) is 12.1 Å². The molecule has 0 aliphatic carbocycles. The fourth-order valence-corrected chi connectivity index (χ4v) is 1.47. The number of rotatable bonds is 6. The molecule has 88 valence electrons. The smallest absolute Gasteiger partial charge is 0.141 e. The summed E-state index contributed by atoms with van der Waals surface area (Å²) < 4.78 is 0. The Bertz CT molecular complexity index is 433. The third kappa shape index (κ3) is 4.93. The fourth-order valence-electron chi connectivity index (χ4n) is 1.47. The highest BCUT2D eigenvalue weighted by molar-refractivity contribution is 5.83. The molecular weight excluding hydrogens is 212 g/mol. The lowest BCUT2D eigenvalue weighted by molar-refractivity contribution is -0.117. The molecule has 3 heteroatoms. The zero-order valence-corrected chi connectivity index (χ0v) is 9.67. The van der Waals surface area contributed by atoms with Crippen LogP contribution in [0.5, 0.6) is 0 Å². The van der Waals surface area contributed by atoms with Crippen molar-refractivity contribution in [2.75, 3.05) is 0 Å². The largest absolute Gasteiger partial charge is 0.405 e. The Labute approximate surface area is 101 Å². The number of Topliss-reactive ketones (excluding diaryl/α,β-unsaturated/α-hetero) is 1. The Hall–Kier alpha value is -2.16. The third-order valence-electron chi connectivity index (χ3n) is 2.19. The quantitative estimate of drug-likeness (QED) is 0.759. The van der Waals surface area contributed by atoms with E-state index >= 15 is 0 Å². The summed E-state index contributed by atoms with van der Waals surface area (Å²) in [5.74, 6) is 0.141. The lowest BCUT2D eigenvalue weighted by Crippen LogP contribution is -2.03. The molecule has 0 spiro atoms. The monoisotopic (exact) mass is 228 g/mol. The van der Waals surface area contributed by atoms with Crippen LogP contribution in [0.4, 0.5) is 0 Å². The van der Waals surface area contributed by atoms with Gasteiger partial charge in [0.25, 0.3) is 0 Å². The zero-order chi connectivity index (χ0) is 12.5. The SMILES string of the molecule is C=C/C=C(\C=C/N)CC(=O)Cc1ccncc1. The molecule has 1 rings (SSSR count). The Morgan fingerprint density at radius 1 is 1.41 bits per heavy atom. The molecule has 0 unspecified atom stereocenters. The first-order chi connectivity index (χ1) is 8.26. The second kappa shape index (κ2) is 7.17. The van der Waals surface area contributed by atoms with Gasteiger partial charge in [-0.1, -0.05) is 18.7 Å². The molecular formula is C14H16N2O. The van der Waals surface area contributed by atoms with Crippen LogP contribution < -0.4 is 5.73 Å². The summed E-state index contributed by atoms with van der Waals surface area (Å²) in [6.45, 7) is 3.60. The predicted molar refractivity (Wildman–Crippen MR) is 69.2 cm³/mol. The summed E-state index contributed by atoms with van der Waals surface area (Å²) in [6.07, 6.45) is 10.7. The van der Waals surface area contributed by atoms with Gasteiger partial charge in [0.2, 0.25) is 0 Å². The van der Waals surface area contributed by atoms with Gasteiger partial charge in [0.05, 0.1) is 0 Å². The van der Waals surface area contributed by atoms with Crippen LogP contribution in [0.15, 0.2) is 61.1 Å². The number of hydrogen-bond donors (Lipinski definition) is 1. The van der Waals surface area contributed by atoms with E-state index < -0.39 is 0 Å². The molecule has 0 atom stereocenters. The third-order valence-corrected chi connectivity index (χ3v) is 2.19. The molecule has 0 aromatic carbocycles. The molecule has 3 nitrogen and oxygen atoms in total. The summed E-state index contributed by atoms with van der Waals surface area (Å²) in [6, 6.07) is 3.68. The maximum absolute atomic E-state index is 11.8. The summed E-state index contributed by atoms with van der Waals surface area (Å²) in [5.41, 5.74) is 7.15. The molecule has 0 bridgehead atoms. The second-order valence-electron chi connectivity index (χ2n) is 3.58. The second-order valence-corrected chi connectivity index (χ2v) is 3.58. The minimum absolute atomic E-state index is 0.141. The van der Waals surface area contributed by atoms with Crippen LogP contribution in [0.2, 0.25) is 0 Å². The van der Waals surface area contributed by atoms with Gasteiger partial charge in [0.1, 0.15) is 5.78 Å². The van der Waals surface area contributed by atoms with Gasteiger partial charge in [0.15, 0.2) is 0 Å². The summed E-state index contributed by atoms with van der Waals surface area (Å²) in [4.78, 5) is 15.7. The summed E-state index contributed by atoms with van der Waals surface area (Å²) >= 11 is 0. The number of aromatic nitrogens is 1. The maximum atomic E-state index is 11.8. The van der Waals surface area contributed by atoms with Gasteiger partial charge < -0.3 is 5.73 Å². The molecule has 1 aromatic rings. The van der Waals surface area contributed by atoms with Gasteiger partial charge in [-0.05, 0) is 35.5 Å². The van der Waals surface area contributed by atoms with E-state index in [1.165, 1.54) is 6.20 Å². The molecule has 1 heterocycles. The minimum Gasteiger partial charge on any atom is -0.405 e. The van der Waals surface area contributed by atoms with Crippen LogP contribution >= 0.6 is 0 Å². The standard InChI is InChI=1S/C14H16N2O/c1-2-3-12(4-7-15)10-14(17)11-13-5-8-16-9-6-13/h2-9H,1,10-11,15H2/b7-4-,12-3+. The Kier molecular flexibility index (Phi) is 5.44. The van der Waals surface area contributed by atoms with Crippen molar-refractivity contribution in [3.63, 3.8) is 0 Å². The topological polar surface area (TPSA) is 56.0 Å². The van der Waals surface area contributed by atoms with Crippen LogP contribution in [-0.4, -0.2) is 10.8 Å². The highest BCUT2D eigenvalue weighted by Gasteiger charge is 2.05. The first-order valence-electron chi connectivity index (χ1n) is 5.36. The van der Waals surface area contributed by atoms with Crippen LogP contribution in [0, 0.1) is 0 Å². The van der Waals surface area contributed by atoms with E-state index in [4.69, 9.17) is 5.73 Å². The number of nitrogens with two attached hydrogens (primary N) is 1. The molecule has 1 aromatic heterocycles. The molecule has 2 N–H and O–H groups in total. The number of pyridine rings is 1. The van der Waals surface area contributed by atoms with Crippen molar-refractivity contribution in [1.82, 2.24) is 4.98 Å². The molecule has 0 amide bonds. The average molecular weight is 228 g/mol. The van der Waals surface area contributed by atoms with Crippen molar-refractivity contribution >= 4 is 5.78 Å². The fraction of sp³-hybridized carbons (Fsp3) is 0.143.